The largest absolute Gasteiger partial charge is 0.312 e. The molecule has 1 rings (SSSR count). The maximum absolute atomic E-state index is 12.3. The van der Waals surface area contributed by atoms with Gasteiger partial charge in [0.15, 0.2) is 9.84 Å². The SMILES string of the molecule is CNC(CS(=O)(=O)C(C)C(C)C)c1ccc(C)cc1. The van der Waals surface area contributed by atoms with Gasteiger partial charge in [-0.3, -0.25) is 0 Å². The van der Waals surface area contributed by atoms with Crippen molar-refractivity contribution in [3.05, 3.63) is 35.4 Å². The fraction of sp³-hybridized carbons (Fsp3) is 0.600. The van der Waals surface area contributed by atoms with Crippen LogP contribution in [0.2, 0.25) is 0 Å². The van der Waals surface area contributed by atoms with Crippen LogP contribution in [0, 0.1) is 12.8 Å². The van der Waals surface area contributed by atoms with Crippen LogP contribution >= 0.6 is 0 Å². The molecular weight excluding hydrogens is 258 g/mol. The topological polar surface area (TPSA) is 46.2 Å². The number of sulfone groups is 1. The third-order valence-electron chi connectivity index (χ3n) is 3.73. The summed E-state index contributed by atoms with van der Waals surface area (Å²) < 4.78 is 24.7. The minimum atomic E-state index is -3.09. The summed E-state index contributed by atoms with van der Waals surface area (Å²) in [6.07, 6.45) is 0. The van der Waals surface area contributed by atoms with Gasteiger partial charge in [-0.2, -0.15) is 0 Å². The van der Waals surface area contributed by atoms with Crippen LogP contribution in [0.3, 0.4) is 0 Å². The quantitative estimate of drug-likeness (QED) is 0.873. The minimum absolute atomic E-state index is 0.139. The van der Waals surface area contributed by atoms with Crippen molar-refractivity contribution in [3.8, 4) is 0 Å². The number of rotatable bonds is 6. The Morgan fingerprint density at radius 1 is 1.11 bits per heavy atom. The van der Waals surface area contributed by atoms with Crippen LogP contribution in [-0.4, -0.2) is 26.5 Å². The lowest BCUT2D eigenvalue weighted by Gasteiger charge is -2.22. The molecule has 2 unspecified atom stereocenters. The third kappa shape index (κ3) is 4.32. The molecule has 0 aliphatic carbocycles. The summed E-state index contributed by atoms with van der Waals surface area (Å²) in [4.78, 5) is 0. The molecule has 0 saturated carbocycles. The molecule has 108 valence electrons. The monoisotopic (exact) mass is 283 g/mol. The lowest BCUT2D eigenvalue weighted by Crippen LogP contribution is -2.32. The van der Waals surface area contributed by atoms with E-state index in [1.807, 2.05) is 45.0 Å². The maximum atomic E-state index is 12.3. The molecule has 1 N–H and O–H groups in total. The Balaban J connectivity index is 2.91. The molecule has 4 heteroatoms. The van der Waals surface area contributed by atoms with E-state index in [-0.39, 0.29) is 23.0 Å². The molecule has 19 heavy (non-hydrogen) atoms. The van der Waals surface area contributed by atoms with Gasteiger partial charge in [0.2, 0.25) is 0 Å². The third-order valence-corrected chi connectivity index (χ3v) is 6.21. The Kier molecular flexibility index (Phi) is 5.56. The molecule has 0 heterocycles. The Hall–Kier alpha value is -0.870. The summed E-state index contributed by atoms with van der Waals surface area (Å²) in [5, 5.41) is 2.80. The zero-order chi connectivity index (χ0) is 14.6. The predicted molar refractivity (Wildman–Crippen MR) is 81.1 cm³/mol. The average Bonchev–Trinajstić information content (AvgIpc) is 2.36. The molecule has 0 aromatic heterocycles. The summed E-state index contributed by atoms with van der Waals surface area (Å²) in [5.41, 5.74) is 2.20. The van der Waals surface area contributed by atoms with E-state index in [2.05, 4.69) is 5.32 Å². The van der Waals surface area contributed by atoms with Crippen LogP contribution in [0.15, 0.2) is 24.3 Å². The Labute approximate surface area is 117 Å². The van der Waals surface area contributed by atoms with Crippen molar-refractivity contribution < 1.29 is 8.42 Å². The highest BCUT2D eigenvalue weighted by Gasteiger charge is 2.27. The maximum Gasteiger partial charge on any atom is 0.155 e. The van der Waals surface area contributed by atoms with E-state index in [1.54, 1.807) is 14.0 Å². The van der Waals surface area contributed by atoms with Gasteiger partial charge in [0.05, 0.1) is 11.0 Å². The number of nitrogens with one attached hydrogen (secondary N) is 1. The summed E-state index contributed by atoms with van der Waals surface area (Å²) in [5.74, 6) is 0.284. The molecule has 0 spiro atoms. The smallest absolute Gasteiger partial charge is 0.155 e. The van der Waals surface area contributed by atoms with E-state index in [0.717, 1.165) is 5.56 Å². The second kappa shape index (κ2) is 6.53. The average molecular weight is 283 g/mol. The molecule has 0 amide bonds. The standard InChI is InChI=1S/C15H25NO2S/c1-11(2)13(4)19(17,18)10-15(16-5)14-8-6-12(3)7-9-14/h6-9,11,13,15-16H,10H2,1-5H3. The van der Waals surface area contributed by atoms with Gasteiger partial charge in [0, 0.05) is 6.04 Å². The van der Waals surface area contributed by atoms with Crippen molar-refractivity contribution in [2.75, 3.05) is 12.8 Å². The molecule has 0 aliphatic rings. The molecule has 0 fully saturated rings. The van der Waals surface area contributed by atoms with Crippen molar-refractivity contribution in [3.63, 3.8) is 0 Å². The zero-order valence-electron chi connectivity index (χ0n) is 12.5. The molecular formula is C15H25NO2S. The van der Waals surface area contributed by atoms with Crippen LogP contribution in [0.1, 0.15) is 37.9 Å². The van der Waals surface area contributed by atoms with Crippen molar-refractivity contribution in [1.29, 1.82) is 0 Å². The fourth-order valence-corrected chi connectivity index (χ4v) is 3.90. The summed E-state index contributed by atoms with van der Waals surface area (Å²) in [7, 11) is -1.29. The number of hydrogen-bond acceptors (Lipinski definition) is 3. The van der Waals surface area contributed by atoms with E-state index in [0.29, 0.717) is 0 Å². The van der Waals surface area contributed by atoms with Crippen molar-refractivity contribution in [1.82, 2.24) is 5.32 Å². The van der Waals surface area contributed by atoms with E-state index in [1.165, 1.54) is 5.56 Å². The second-order valence-electron chi connectivity index (χ2n) is 5.53. The minimum Gasteiger partial charge on any atom is -0.312 e. The van der Waals surface area contributed by atoms with E-state index >= 15 is 0 Å². The van der Waals surface area contributed by atoms with Crippen LogP contribution in [0.25, 0.3) is 0 Å². The molecule has 2 atom stereocenters. The van der Waals surface area contributed by atoms with Gasteiger partial charge >= 0.3 is 0 Å². The normalized spacial score (nSPS) is 15.5. The number of hydrogen-bond donors (Lipinski definition) is 1. The lowest BCUT2D eigenvalue weighted by molar-refractivity contribution is 0.532. The highest BCUT2D eigenvalue weighted by Crippen LogP contribution is 2.20. The van der Waals surface area contributed by atoms with Crippen molar-refractivity contribution >= 4 is 9.84 Å². The Morgan fingerprint density at radius 3 is 2.05 bits per heavy atom. The van der Waals surface area contributed by atoms with Crippen molar-refractivity contribution in [2.45, 2.75) is 39.0 Å². The van der Waals surface area contributed by atoms with Gasteiger partial charge in [0.25, 0.3) is 0 Å². The Morgan fingerprint density at radius 2 is 1.63 bits per heavy atom. The molecule has 1 aromatic rings. The molecule has 0 aliphatic heterocycles. The summed E-state index contributed by atoms with van der Waals surface area (Å²) in [6, 6.07) is 7.86. The van der Waals surface area contributed by atoms with Crippen LogP contribution in [0.5, 0.6) is 0 Å². The Bertz CT molecular complexity index is 491. The highest BCUT2D eigenvalue weighted by molar-refractivity contribution is 7.92. The van der Waals surface area contributed by atoms with Crippen LogP contribution in [0.4, 0.5) is 0 Å². The first-order valence-electron chi connectivity index (χ1n) is 6.73. The van der Waals surface area contributed by atoms with Gasteiger partial charge in [-0.25, -0.2) is 8.42 Å². The van der Waals surface area contributed by atoms with E-state index in [4.69, 9.17) is 0 Å². The van der Waals surface area contributed by atoms with E-state index in [9.17, 15) is 8.42 Å². The molecule has 1 aromatic carbocycles. The summed E-state index contributed by atoms with van der Waals surface area (Å²) in [6.45, 7) is 7.71. The molecule has 0 bridgehead atoms. The molecule has 0 radical (unpaired) electrons. The highest BCUT2D eigenvalue weighted by atomic mass is 32.2. The first kappa shape index (κ1) is 16.2. The van der Waals surface area contributed by atoms with Crippen molar-refractivity contribution in [2.24, 2.45) is 5.92 Å². The van der Waals surface area contributed by atoms with Gasteiger partial charge in [-0.15, -0.1) is 0 Å². The van der Waals surface area contributed by atoms with Gasteiger partial charge in [0.1, 0.15) is 0 Å². The lowest BCUT2D eigenvalue weighted by atomic mass is 10.1. The predicted octanol–water partition coefficient (Wildman–Crippen LogP) is 2.71. The van der Waals surface area contributed by atoms with Gasteiger partial charge in [-0.1, -0.05) is 43.7 Å². The first-order chi connectivity index (χ1) is 8.77. The first-order valence-corrected chi connectivity index (χ1v) is 8.45. The van der Waals surface area contributed by atoms with Crippen LogP contribution in [-0.2, 0) is 9.84 Å². The fourth-order valence-electron chi connectivity index (χ4n) is 1.94. The summed E-state index contributed by atoms with van der Waals surface area (Å²) >= 11 is 0. The molecule has 0 saturated heterocycles. The number of aryl methyl sites for hydroxylation is 1. The van der Waals surface area contributed by atoms with Gasteiger partial charge < -0.3 is 5.32 Å². The van der Waals surface area contributed by atoms with Crippen LogP contribution < -0.4 is 5.32 Å². The van der Waals surface area contributed by atoms with Gasteiger partial charge in [-0.05, 0) is 32.4 Å². The zero-order valence-corrected chi connectivity index (χ0v) is 13.3. The van der Waals surface area contributed by atoms with E-state index < -0.39 is 9.84 Å². The molecule has 3 nitrogen and oxygen atoms in total. The number of benzene rings is 1. The second-order valence-corrected chi connectivity index (χ2v) is 7.93.